The van der Waals surface area contributed by atoms with Crippen LogP contribution < -0.4 is 0 Å². The summed E-state index contributed by atoms with van der Waals surface area (Å²) < 4.78 is 5.53. The molecule has 5 heteroatoms. The van der Waals surface area contributed by atoms with Crippen molar-refractivity contribution in [2.24, 2.45) is 0 Å². The molecule has 1 saturated carbocycles. The molecule has 0 aliphatic heterocycles. The summed E-state index contributed by atoms with van der Waals surface area (Å²) in [6.07, 6.45) is 3.89. The van der Waals surface area contributed by atoms with Crippen LogP contribution in [0.3, 0.4) is 0 Å². The zero-order valence-electron chi connectivity index (χ0n) is 7.54. The van der Waals surface area contributed by atoms with Crippen LogP contribution in [-0.2, 0) is 11.3 Å². The van der Waals surface area contributed by atoms with E-state index in [1.807, 2.05) is 0 Å². The predicted octanol–water partition coefficient (Wildman–Crippen LogP) is 2.85. The molecule has 0 spiro atoms. The molecular weight excluding hydrogens is 223 g/mol. The topological polar surface area (TPSA) is 35.0 Å². The molecule has 0 aromatic carbocycles. The summed E-state index contributed by atoms with van der Waals surface area (Å²) in [7, 11) is 0. The quantitative estimate of drug-likeness (QED) is 0.753. The summed E-state index contributed by atoms with van der Waals surface area (Å²) in [4.78, 5) is 8.02. The molecule has 0 bridgehead atoms. The van der Waals surface area contributed by atoms with E-state index in [0.29, 0.717) is 28.8 Å². The van der Waals surface area contributed by atoms with Gasteiger partial charge in [0.2, 0.25) is 0 Å². The minimum atomic E-state index is 0.359. The van der Waals surface area contributed by atoms with Gasteiger partial charge in [-0.25, -0.2) is 9.97 Å². The van der Waals surface area contributed by atoms with E-state index in [1.54, 1.807) is 0 Å². The third-order valence-electron chi connectivity index (χ3n) is 2.21. The predicted molar refractivity (Wildman–Crippen MR) is 54.5 cm³/mol. The van der Waals surface area contributed by atoms with Gasteiger partial charge in [0.1, 0.15) is 16.9 Å². The summed E-state index contributed by atoms with van der Waals surface area (Å²) in [5.74, 6) is 0.550. The van der Waals surface area contributed by atoms with Gasteiger partial charge in [0.15, 0.2) is 5.82 Å². The van der Waals surface area contributed by atoms with Gasteiger partial charge in [0, 0.05) is 6.07 Å². The number of hydrogen-bond acceptors (Lipinski definition) is 3. The van der Waals surface area contributed by atoms with Crippen LogP contribution in [-0.4, -0.2) is 16.1 Å². The van der Waals surface area contributed by atoms with E-state index in [2.05, 4.69) is 9.97 Å². The van der Waals surface area contributed by atoms with E-state index < -0.39 is 0 Å². The van der Waals surface area contributed by atoms with E-state index in [1.165, 1.54) is 12.5 Å². The molecule has 0 unspecified atom stereocenters. The lowest BCUT2D eigenvalue weighted by Crippen LogP contribution is -2.21. The Balaban J connectivity index is 1.94. The number of nitrogens with zero attached hydrogens (tertiary/aromatic N) is 2. The molecule has 1 aliphatic rings. The van der Waals surface area contributed by atoms with Crippen LogP contribution in [0.25, 0.3) is 0 Å². The van der Waals surface area contributed by atoms with Crippen LogP contribution in [0, 0.1) is 0 Å². The zero-order valence-corrected chi connectivity index (χ0v) is 9.05. The number of rotatable bonds is 3. The van der Waals surface area contributed by atoms with Crippen LogP contribution in [0.5, 0.6) is 0 Å². The van der Waals surface area contributed by atoms with Crippen LogP contribution in [0.1, 0.15) is 25.1 Å². The van der Waals surface area contributed by atoms with Crippen molar-refractivity contribution in [3.8, 4) is 0 Å². The maximum absolute atomic E-state index is 5.72. The van der Waals surface area contributed by atoms with Crippen molar-refractivity contribution in [3.05, 3.63) is 22.2 Å². The van der Waals surface area contributed by atoms with Crippen LogP contribution in [0.4, 0.5) is 0 Å². The van der Waals surface area contributed by atoms with Crippen molar-refractivity contribution >= 4 is 23.2 Å². The van der Waals surface area contributed by atoms with Crippen LogP contribution in [0.2, 0.25) is 10.3 Å². The van der Waals surface area contributed by atoms with E-state index in [9.17, 15) is 0 Å². The molecular formula is C9H10Cl2N2O. The fourth-order valence-electron chi connectivity index (χ4n) is 1.23. The summed E-state index contributed by atoms with van der Waals surface area (Å²) in [5.41, 5.74) is 0. The highest BCUT2D eigenvalue weighted by molar-refractivity contribution is 6.33. The third kappa shape index (κ3) is 2.56. The normalized spacial score (nSPS) is 16.7. The van der Waals surface area contributed by atoms with Crippen molar-refractivity contribution in [1.82, 2.24) is 9.97 Å². The maximum atomic E-state index is 5.72. The number of aromatic nitrogens is 2. The summed E-state index contributed by atoms with van der Waals surface area (Å²) in [5, 5.41) is 0.717. The molecule has 1 heterocycles. The summed E-state index contributed by atoms with van der Waals surface area (Å²) in [6, 6.07) is 1.51. The first-order valence-corrected chi connectivity index (χ1v) is 5.30. The van der Waals surface area contributed by atoms with Gasteiger partial charge in [-0.05, 0) is 19.3 Å². The number of halogens is 2. The maximum Gasteiger partial charge on any atom is 0.157 e. The Kier molecular flexibility index (Phi) is 3.21. The minimum absolute atomic E-state index is 0.359. The highest BCUT2D eigenvalue weighted by Crippen LogP contribution is 2.23. The largest absolute Gasteiger partial charge is 0.370 e. The lowest BCUT2D eigenvalue weighted by atomic mass is 9.96. The van der Waals surface area contributed by atoms with Gasteiger partial charge in [-0.1, -0.05) is 23.2 Å². The highest BCUT2D eigenvalue weighted by atomic mass is 35.5. The molecule has 0 N–H and O–H groups in total. The second kappa shape index (κ2) is 4.43. The Morgan fingerprint density at radius 1 is 1.29 bits per heavy atom. The van der Waals surface area contributed by atoms with E-state index in [0.717, 1.165) is 12.8 Å². The Morgan fingerprint density at radius 3 is 2.43 bits per heavy atom. The molecule has 2 rings (SSSR count). The molecule has 0 amide bonds. The smallest absolute Gasteiger partial charge is 0.157 e. The van der Waals surface area contributed by atoms with E-state index in [-0.39, 0.29) is 0 Å². The minimum Gasteiger partial charge on any atom is -0.370 e. The summed E-state index contributed by atoms with van der Waals surface area (Å²) >= 11 is 11.4. The van der Waals surface area contributed by atoms with Crippen LogP contribution >= 0.6 is 23.2 Å². The molecule has 0 atom stereocenters. The molecule has 0 saturated heterocycles. The van der Waals surface area contributed by atoms with Gasteiger partial charge in [0.05, 0.1) is 6.10 Å². The van der Waals surface area contributed by atoms with Gasteiger partial charge < -0.3 is 4.74 Å². The van der Waals surface area contributed by atoms with Crippen molar-refractivity contribution < 1.29 is 4.74 Å². The first-order chi connectivity index (χ1) is 6.74. The molecule has 1 aromatic heterocycles. The van der Waals surface area contributed by atoms with Crippen molar-refractivity contribution in [2.75, 3.05) is 0 Å². The number of ether oxygens (including phenoxy) is 1. The van der Waals surface area contributed by atoms with E-state index >= 15 is 0 Å². The van der Waals surface area contributed by atoms with Crippen molar-refractivity contribution in [3.63, 3.8) is 0 Å². The van der Waals surface area contributed by atoms with Gasteiger partial charge >= 0.3 is 0 Å². The monoisotopic (exact) mass is 232 g/mol. The second-order valence-corrected chi connectivity index (χ2v) is 4.07. The lowest BCUT2D eigenvalue weighted by molar-refractivity contribution is -0.0116. The van der Waals surface area contributed by atoms with Gasteiger partial charge in [-0.2, -0.15) is 0 Å². The molecule has 1 aromatic rings. The zero-order chi connectivity index (χ0) is 9.97. The molecule has 1 aliphatic carbocycles. The average Bonchev–Trinajstić information content (AvgIpc) is 1.99. The summed E-state index contributed by atoms with van der Waals surface area (Å²) in [6.45, 7) is 0.394. The van der Waals surface area contributed by atoms with Crippen LogP contribution in [0.15, 0.2) is 6.07 Å². The first kappa shape index (κ1) is 10.1. The van der Waals surface area contributed by atoms with Gasteiger partial charge in [0.25, 0.3) is 0 Å². The van der Waals surface area contributed by atoms with E-state index in [4.69, 9.17) is 27.9 Å². The Morgan fingerprint density at radius 2 is 1.93 bits per heavy atom. The van der Waals surface area contributed by atoms with Crippen molar-refractivity contribution in [2.45, 2.75) is 32.0 Å². The van der Waals surface area contributed by atoms with Gasteiger partial charge in [-0.3, -0.25) is 0 Å². The first-order valence-electron chi connectivity index (χ1n) is 4.54. The lowest BCUT2D eigenvalue weighted by Gasteiger charge is -2.24. The molecule has 1 fully saturated rings. The third-order valence-corrected chi connectivity index (χ3v) is 2.60. The second-order valence-electron chi connectivity index (χ2n) is 3.29. The van der Waals surface area contributed by atoms with Gasteiger partial charge in [-0.15, -0.1) is 0 Å². The fourth-order valence-corrected chi connectivity index (χ4v) is 1.69. The molecule has 0 radical (unpaired) electrons. The molecule has 76 valence electrons. The molecule has 14 heavy (non-hydrogen) atoms. The SMILES string of the molecule is Clc1cc(Cl)nc(COC2CCC2)n1. The fraction of sp³-hybridized carbons (Fsp3) is 0.556. The molecule has 3 nitrogen and oxygen atoms in total. The van der Waals surface area contributed by atoms with Crippen molar-refractivity contribution in [1.29, 1.82) is 0 Å². The highest BCUT2D eigenvalue weighted by Gasteiger charge is 2.18. The Labute approximate surface area is 92.4 Å². The average molecular weight is 233 g/mol. The Hall–Kier alpha value is -0.380. The number of hydrogen-bond donors (Lipinski definition) is 0. The Bertz CT molecular complexity index is 308. The standard InChI is InChI=1S/C9H10Cl2N2O/c10-7-4-8(11)13-9(12-7)5-14-6-2-1-3-6/h4,6H,1-3,5H2.